The molecule has 3 aromatic rings. The number of fused-ring (bicyclic) bond motifs is 3. The molecule has 1 N–H and O–H groups in total. The first-order chi connectivity index (χ1) is 12.6. The van der Waals surface area contributed by atoms with Gasteiger partial charge in [0.15, 0.2) is 5.78 Å². The number of esters is 1. The Morgan fingerprint density at radius 1 is 1.15 bits per heavy atom. The van der Waals surface area contributed by atoms with Crippen LogP contribution >= 0.6 is 0 Å². The Labute approximate surface area is 151 Å². The van der Waals surface area contributed by atoms with Crippen molar-refractivity contribution in [2.75, 3.05) is 7.11 Å². The highest BCUT2D eigenvalue weighted by Crippen LogP contribution is 2.39. The van der Waals surface area contributed by atoms with Crippen molar-refractivity contribution in [1.82, 2.24) is 4.98 Å². The van der Waals surface area contributed by atoms with Crippen molar-refractivity contribution in [1.29, 1.82) is 0 Å². The van der Waals surface area contributed by atoms with E-state index in [9.17, 15) is 9.59 Å². The maximum atomic E-state index is 12.4. The molecule has 0 bridgehead atoms. The number of rotatable bonds is 2. The number of aromatic nitrogens is 1. The van der Waals surface area contributed by atoms with Gasteiger partial charge in [0, 0.05) is 22.9 Å². The van der Waals surface area contributed by atoms with Gasteiger partial charge in [-0.2, -0.15) is 0 Å². The third-order valence-electron chi connectivity index (χ3n) is 4.92. The fourth-order valence-electron chi connectivity index (χ4n) is 3.72. The molecule has 0 amide bonds. The summed E-state index contributed by atoms with van der Waals surface area (Å²) in [5.74, 6) is -0.201. The number of carbonyl (C=O) groups excluding carboxylic acids is 2. The minimum atomic E-state index is -0.363. The maximum Gasteiger partial charge on any atom is 0.337 e. The first-order valence-electron chi connectivity index (χ1n) is 8.62. The number of allylic oxidation sites excluding steroid dienone is 1. The second kappa shape index (κ2) is 6.30. The lowest BCUT2D eigenvalue weighted by Gasteiger charge is -2.11. The van der Waals surface area contributed by atoms with E-state index in [1.54, 1.807) is 12.1 Å². The standard InChI is InChI=1S/C22H19NO3/c1-13-10-16(24)12-17(14-6-4-3-5-7-14)21-20(13)18-11-15(22(25)26-2)8-9-19(18)23-21/h3-9,11-13,23H,10H2,1-2H3. The monoisotopic (exact) mass is 345 g/mol. The zero-order valence-corrected chi connectivity index (χ0v) is 14.7. The van der Waals surface area contributed by atoms with E-state index in [2.05, 4.69) is 11.9 Å². The zero-order chi connectivity index (χ0) is 18.3. The Morgan fingerprint density at radius 2 is 1.92 bits per heavy atom. The third-order valence-corrected chi connectivity index (χ3v) is 4.92. The highest BCUT2D eigenvalue weighted by atomic mass is 16.5. The molecule has 130 valence electrons. The average molecular weight is 345 g/mol. The molecule has 0 spiro atoms. The fourth-order valence-corrected chi connectivity index (χ4v) is 3.72. The number of carbonyl (C=O) groups is 2. The van der Waals surface area contributed by atoms with Crippen molar-refractivity contribution in [2.24, 2.45) is 0 Å². The first kappa shape index (κ1) is 16.3. The summed E-state index contributed by atoms with van der Waals surface area (Å²) >= 11 is 0. The molecule has 4 heteroatoms. The van der Waals surface area contributed by atoms with Gasteiger partial charge in [-0.05, 0) is 41.3 Å². The van der Waals surface area contributed by atoms with Gasteiger partial charge in [0.05, 0.1) is 18.4 Å². The van der Waals surface area contributed by atoms with Gasteiger partial charge in [-0.1, -0.05) is 37.3 Å². The van der Waals surface area contributed by atoms with Crippen LogP contribution < -0.4 is 0 Å². The number of ketones is 1. The lowest BCUT2D eigenvalue weighted by Crippen LogP contribution is -2.02. The SMILES string of the molecule is COC(=O)c1ccc2[nH]c3c(c2c1)C(C)CC(=O)C=C3c1ccccc1. The van der Waals surface area contributed by atoms with Crippen LogP contribution in [-0.4, -0.2) is 23.8 Å². The second-order valence-corrected chi connectivity index (χ2v) is 6.66. The molecule has 4 nitrogen and oxygen atoms in total. The molecule has 1 unspecified atom stereocenters. The lowest BCUT2D eigenvalue weighted by molar-refractivity contribution is -0.114. The molecule has 1 heterocycles. The van der Waals surface area contributed by atoms with Crippen LogP contribution in [0, 0.1) is 0 Å². The van der Waals surface area contributed by atoms with Crippen LogP contribution in [-0.2, 0) is 9.53 Å². The smallest absolute Gasteiger partial charge is 0.337 e. The molecule has 1 atom stereocenters. The molecule has 1 aliphatic carbocycles. The highest BCUT2D eigenvalue weighted by Gasteiger charge is 2.26. The van der Waals surface area contributed by atoms with Crippen LogP contribution in [0.4, 0.5) is 0 Å². The van der Waals surface area contributed by atoms with Crippen molar-refractivity contribution >= 4 is 28.2 Å². The Hall–Kier alpha value is -3.14. The number of methoxy groups -OCH3 is 1. The van der Waals surface area contributed by atoms with E-state index in [0.717, 1.165) is 33.3 Å². The minimum Gasteiger partial charge on any atom is -0.465 e. The number of ether oxygens (including phenoxy) is 1. The van der Waals surface area contributed by atoms with Crippen LogP contribution in [0.25, 0.3) is 16.5 Å². The van der Waals surface area contributed by atoms with Crippen LogP contribution in [0.1, 0.15) is 46.4 Å². The quantitative estimate of drug-likeness (QED) is 0.698. The van der Waals surface area contributed by atoms with E-state index < -0.39 is 0 Å². The zero-order valence-electron chi connectivity index (χ0n) is 14.7. The normalized spacial score (nSPS) is 16.8. The summed E-state index contributed by atoms with van der Waals surface area (Å²) in [6.45, 7) is 2.05. The van der Waals surface area contributed by atoms with Crippen LogP contribution in [0.5, 0.6) is 0 Å². The van der Waals surface area contributed by atoms with E-state index >= 15 is 0 Å². The van der Waals surface area contributed by atoms with Crippen molar-refractivity contribution < 1.29 is 14.3 Å². The molecular formula is C22H19NO3. The summed E-state index contributed by atoms with van der Waals surface area (Å²) in [4.78, 5) is 27.8. The number of benzene rings is 2. The van der Waals surface area contributed by atoms with Gasteiger partial charge in [-0.25, -0.2) is 4.79 Å². The number of hydrogen-bond acceptors (Lipinski definition) is 3. The molecule has 0 saturated carbocycles. The van der Waals surface area contributed by atoms with Crippen molar-refractivity contribution in [2.45, 2.75) is 19.3 Å². The summed E-state index contributed by atoms with van der Waals surface area (Å²) in [7, 11) is 1.38. The molecule has 1 aliphatic rings. The number of nitrogens with one attached hydrogen (secondary N) is 1. The second-order valence-electron chi connectivity index (χ2n) is 6.66. The molecule has 0 aliphatic heterocycles. The van der Waals surface area contributed by atoms with E-state index in [0.29, 0.717) is 12.0 Å². The topological polar surface area (TPSA) is 59.2 Å². The van der Waals surface area contributed by atoms with Gasteiger partial charge < -0.3 is 9.72 Å². The summed E-state index contributed by atoms with van der Waals surface area (Å²) < 4.78 is 4.85. The van der Waals surface area contributed by atoms with E-state index in [4.69, 9.17) is 4.74 Å². The van der Waals surface area contributed by atoms with Gasteiger partial charge >= 0.3 is 5.97 Å². The Bertz CT molecular complexity index is 1040. The maximum absolute atomic E-state index is 12.4. The Balaban J connectivity index is 1.98. The van der Waals surface area contributed by atoms with Gasteiger partial charge in [0.25, 0.3) is 0 Å². The number of H-pyrrole nitrogens is 1. The van der Waals surface area contributed by atoms with E-state index in [1.807, 2.05) is 42.5 Å². The third kappa shape index (κ3) is 2.64. The molecule has 1 aromatic heterocycles. The number of aromatic amines is 1. The number of hydrogen-bond donors (Lipinski definition) is 1. The summed E-state index contributed by atoms with van der Waals surface area (Å²) in [6, 6.07) is 15.4. The summed E-state index contributed by atoms with van der Waals surface area (Å²) in [5.41, 5.74) is 5.38. The lowest BCUT2D eigenvalue weighted by atomic mass is 9.92. The Morgan fingerprint density at radius 3 is 2.65 bits per heavy atom. The van der Waals surface area contributed by atoms with Gasteiger partial charge in [-0.3, -0.25) is 4.79 Å². The van der Waals surface area contributed by atoms with Crippen LogP contribution in [0.3, 0.4) is 0 Å². The average Bonchev–Trinajstić information content (AvgIpc) is 2.98. The molecule has 0 saturated heterocycles. The Kier molecular flexibility index (Phi) is 3.96. The van der Waals surface area contributed by atoms with E-state index in [1.165, 1.54) is 7.11 Å². The van der Waals surface area contributed by atoms with E-state index in [-0.39, 0.29) is 17.7 Å². The summed E-state index contributed by atoms with van der Waals surface area (Å²) in [5, 5.41) is 0.965. The van der Waals surface area contributed by atoms with Crippen molar-refractivity contribution in [3.05, 3.63) is 77.0 Å². The predicted octanol–water partition coefficient (Wildman–Crippen LogP) is 4.46. The largest absolute Gasteiger partial charge is 0.465 e. The highest BCUT2D eigenvalue weighted by molar-refractivity contribution is 6.06. The molecule has 0 radical (unpaired) electrons. The predicted molar refractivity (Wildman–Crippen MR) is 101 cm³/mol. The van der Waals surface area contributed by atoms with Crippen molar-refractivity contribution in [3.63, 3.8) is 0 Å². The van der Waals surface area contributed by atoms with Crippen LogP contribution in [0.2, 0.25) is 0 Å². The van der Waals surface area contributed by atoms with Crippen molar-refractivity contribution in [3.8, 4) is 0 Å². The molecule has 26 heavy (non-hydrogen) atoms. The minimum absolute atomic E-state index is 0.0524. The summed E-state index contributed by atoms with van der Waals surface area (Å²) in [6.07, 6.45) is 2.17. The van der Waals surface area contributed by atoms with Gasteiger partial charge in [0.1, 0.15) is 0 Å². The first-order valence-corrected chi connectivity index (χ1v) is 8.62. The van der Waals surface area contributed by atoms with Gasteiger partial charge in [-0.15, -0.1) is 0 Å². The van der Waals surface area contributed by atoms with Crippen LogP contribution in [0.15, 0.2) is 54.6 Å². The fraction of sp³-hybridized carbons (Fsp3) is 0.182. The molecule has 0 fully saturated rings. The molecule has 4 rings (SSSR count). The van der Waals surface area contributed by atoms with Gasteiger partial charge in [0.2, 0.25) is 0 Å². The molecule has 2 aromatic carbocycles. The molecular weight excluding hydrogens is 326 g/mol.